The van der Waals surface area contributed by atoms with Crippen LogP contribution in [0, 0.1) is 12.7 Å². The van der Waals surface area contributed by atoms with Crippen molar-refractivity contribution in [2.75, 3.05) is 26.3 Å². The van der Waals surface area contributed by atoms with Gasteiger partial charge in [-0.2, -0.15) is 8.78 Å². The highest BCUT2D eigenvalue weighted by Gasteiger charge is 2.34. The Morgan fingerprint density at radius 2 is 1.94 bits per heavy atom. The summed E-state index contributed by atoms with van der Waals surface area (Å²) in [5.74, 6) is -5.74. The lowest BCUT2D eigenvalue weighted by atomic mass is 9.99. The Hall–Kier alpha value is -3.08. The number of aromatic nitrogens is 3. The summed E-state index contributed by atoms with van der Waals surface area (Å²) in [7, 11) is 0. The van der Waals surface area contributed by atoms with Crippen LogP contribution in [0.2, 0.25) is 0 Å². The number of nitrogens with zero attached hydrogens (tertiary/aromatic N) is 4. The molecule has 0 atom stereocenters. The first-order chi connectivity index (χ1) is 15.6. The average Bonchev–Trinajstić information content (AvgIpc) is 3.12. The van der Waals surface area contributed by atoms with E-state index in [9.17, 15) is 26.7 Å². The molecule has 2 aromatic heterocycles. The van der Waals surface area contributed by atoms with Crippen molar-refractivity contribution in [1.29, 1.82) is 0 Å². The molecule has 33 heavy (non-hydrogen) atoms. The van der Waals surface area contributed by atoms with Gasteiger partial charge in [0.05, 0.1) is 30.8 Å². The maximum atomic E-state index is 14.9. The Labute approximate surface area is 186 Å². The number of fused-ring (bicyclic) bond motifs is 1. The fourth-order valence-electron chi connectivity index (χ4n) is 3.96. The number of carbonyl (C=O) groups excluding carboxylic acids is 1. The highest BCUT2D eigenvalue weighted by atomic mass is 19.3. The minimum absolute atomic E-state index is 0.0284. The van der Waals surface area contributed by atoms with E-state index in [-0.39, 0.29) is 27.9 Å². The molecule has 0 radical (unpaired) electrons. The highest BCUT2D eigenvalue weighted by Crippen LogP contribution is 2.36. The number of ether oxygens (including phenoxy) is 1. The van der Waals surface area contributed by atoms with Crippen LogP contribution < -0.4 is 0 Å². The number of pyridine rings is 1. The van der Waals surface area contributed by atoms with Gasteiger partial charge in [0.2, 0.25) is 0 Å². The maximum Gasteiger partial charge on any atom is 0.302 e. The molecule has 1 amide bonds. The third-order valence-electron chi connectivity index (χ3n) is 5.47. The molecule has 1 aromatic carbocycles. The molecule has 11 heteroatoms. The second-order valence-corrected chi connectivity index (χ2v) is 7.91. The summed E-state index contributed by atoms with van der Waals surface area (Å²) in [6.45, 7) is 2.60. The van der Waals surface area contributed by atoms with Crippen molar-refractivity contribution in [2.24, 2.45) is 0 Å². The Kier molecular flexibility index (Phi) is 6.08. The van der Waals surface area contributed by atoms with Gasteiger partial charge in [-0.05, 0) is 24.6 Å². The van der Waals surface area contributed by atoms with E-state index in [4.69, 9.17) is 4.74 Å². The number of alkyl halides is 4. The lowest BCUT2D eigenvalue weighted by Crippen LogP contribution is -2.41. The molecule has 0 spiro atoms. The van der Waals surface area contributed by atoms with Gasteiger partial charge in [0, 0.05) is 37.3 Å². The Morgan fingerprint density at radius 1 is 1.24 bits per heavy atom. The van der Waals surface area contributed by atoms with Crippen molar-refractivity contribution in [3.63, 3.8) is 0 Å². The van der Waals surface area contributed by atoms with E-state index in [1.807, 2.05) is 0 Å². The van der Waals surface area contributed by atoms with Crippen LogP contribution in [0.25, 0.3) is 22.2 Å². The number of hydrogen-bond acceptors (Lipinski definition) is 4. The molecule has 4 rings (SSSR count). The molecular formula is C22H21F5N4O2. The topological polar surface area (TPSA) is 60.2 Å². The van der Waals surface area contributed by atoms with Gasteiger partial charge < -0.3 is 14.2 Å². The molecule has 0 N–H and O–H groups in total. The molecule has 0 aliphatic carbocycles. The molecule has 0 saturated carbocycles. The zero-order valence-corrected chi connectivity index (χ0v) is 17.9. The normalized spacial score (nSPS) is 15.0. The van der Waals surface area contributed by atoms with Crippen LogP contribution in [0.5, 0.6) is 0 Å². The summed E-state index contributed by atoms with van der Waals surface area (Å²) >= 11 is 0. The first kappa shape index (κ1) is 23.1. The summed E-state index contributed by atoms with van der Waals surface area (Å²) < 4.78 is 75.5. The van der Waals surface area contributed by atoms with E-state index < -0.39 is 36.4 Å². The van der Waals surface area contributed by atoms with Crippen LogP contribution in [0.15, 0.2) is 24.4 Å². The van der Waals surface area contributed by atoms with E-state index in [1.54, 1.807) is 13.0 Å². The van der Waals surface area contributed by atoms with E-state index in [1.165, 1.54) is 17.2 Å². The van der Waals surface area contributed by atoms with Crippen LogP contribution in [-0.4, -0.2) is 58.1 Å². The van der Waals surface area contributed by atoms with Crippen LogP contribution in [0.4, 0.5) is 22.0 Å². The molecule has 6 nitrogen and oxygen atoms in total. The van der Waals surface area contributed by atoms with Crippen molar-refractivity contribution in [3.05, 3.63) is 47.3 Å². The molecule has 176 valence electrons. The molecule has 3 heterocycles. The lowest BCUT2D eigenvalue weighted by molar-refractivity contribution is 0.00166. The molecule has 3 aromatic rings. The van der Waals surface area contributed by atoms with Gasteiger partial charge in [0.25, 0.3) is 12.3 Å². The van der Waals surface area contributed by atoms with Gasteiger partial charge in [-0.15, -0.1) is 0 Å². The predicted octanol–water partition coefficient (Wildman–Crippen LogP) is 4.40. The van der Waals surface area contributed by atoms with E-state index in [0.29, 0.717) is 38.8 Å². The standard InChI is InChI=1S/C22H21F5N4O2/c1-12-3-4-15-19(29-21(22(2,26)27)31(15)11-16(24)25)17(12)13-9-14(23)18(28-10-13)20(32)30-5-7-33-8-6-30/h3-4,9-10,16H,5-8,11H2,1-2H3. The number of morpholine rings is 1. The first-order valence-corrected chi connectivity index (χ1v) is 10.3. The Bertz CT molecular complexity index is 1200. The van der Waals surface area contributed by atoms with Gasteiger partial charge in [0.15, 0.2) is 17.3 Å². The minimum Gasteiger partial charge on any atom is -0.378 e. The van der Waals surface area contributed by atoms with Crippen molar-refractivity contribution in [3.8, 4) is 11.1 Å². The van der Waals surface area contributed by atoms with E-state index >= 15 is 0 Å². The van der Waals surface area contributed by atoms with Crippen LogP contribution in [-0.2, 0) is 17.2 Å². The summed E-state index contributed by atoms with van der Waals surface area (Å²) in [6, 6.07) is 4.07. The monoisotopic (exact) mass is 468 g/mol. The zero-order chi connectivity index (χ0) is 23.9. The smallest absolute Gasteiger partial charge is 0.302 e. The van der Waals surface area contributed by atoms with Crippen molar-refractivity contribution < 1.29 is 31.5 Å². The van der Waals surface area contributed by atoms with Crippen molar-refractivity contribution in [1.82, 2.24) is 19.4 Å². The van der Waals surface area contributed by atoms with Gasteiger partial charge in [-0.1, -0.05) is 6.07 Å². The van der Waals surface area contributed by atoms with Crippen LogP contribution >= 0.6 is 0 Å². The number of halogens is 5. The predicted molar refractivity (Wildman–Crippen MR) is 110 cm³/mol. The third kappa shape index (κ3) is 4.41. The summed E-state index contributed by atoms with van der Waals surface area (Å²) in [5, 5.41) is 0. The fourth-order valence-corrected chi connectivity index (χ4v) is 3.96. The number of amides is 1. The third-order valence-corrected chi connectivity index (χ3v) is 5.47. The van der Waals surface area contributed by atoms with Crippen LogP contribution in [0.1, 0.15) is 28.8 Å². The van der Waals surface area contributed by atoms with Crippen LogP contribution in [0.3, 0.4) is 0 Å². The quantitative estimate of drug-likeness (QED) is 0.521. The number of carbonyl (C=O) groups is 1. The van der Waals surface area contributed by atoms with Gasteiger partial charge >= 0.3 is 5.92 Å². The van der Waals surface area contributed by atoms with E-state index in [0.717, 1.165) is 10.6 Å². The second-order valence-electron chi connectivity index (χ2n) is 7.91. The lowest BCUT2D eigenvalue weighted by Gasteiger charge is -2.26. The second kappa shape index (κ2) is 8.69. The number of rotatable bonds is 5. The largest absolute Gasteiger partial charge is 0.378 e. The maximum absolute atomic E-state index is 14.9. The molecule has 0 unspecified atom stereocenters. The van der Waals surface area contributed by atoms with Crippen molar-refractivity contribution in [2.45, 2.75) is 32.7 Å². The molecule has 1 fully saturated rings. The minimum atomic E-state index is -3.48. The summed E-state index contributed by atoms with van der Waals surface area (Å²) in [4.78, 5) is 22.0. The fraction of sp³-hybridized carbons (Fsp3) is 0.409. The number of benzene rings is 1. The number of hydrogen-bond donors (Lipinski definition) is 0. The number of aryl methyl sites for hydroxylation is 1. The summed E-state index contributed by atoms with van der Waals surface area (Å²) in [6.07, 6.45) is -1.62. The molecule has 1 saturated heterocycles. The Balaban J connectivity index is 1.82. The van der Waals surface area contributed by atoms with Gasteiger partial charge in [-0.25, -0.2) is 23.1 Å². The molecule has 1 aliphatic heterocycles. The molecule has 1 aliphatic rings. The number of imidazole rings is 1. The highest BCUT2D eigenvalue weighted by molar-refractivity contribution is 5.96. The average molecular weight is 468 g/mol. The SMILES string of the molecule is Cc1ccc2c(nc(C(C)(F)F)n2CC(F)F)c1-c1cnc(C(=O)N2CCOCC2)c(F)c1. The van der Waals surface area contributed by atoms with Gasteiger partial charge in [-0.3, -0.25) is 4.79 Å². The van der Waals surface area contributed by atoms with Gasteiger partial charge in [0.1, 0.15) is 0 Å². The summed E-state index contributed by atoms with van der Waals surface area (Å²) in [5.41, 5.74) is 0.768. The van der Waals surface area contributed by atoms with E-state index in [2.05, 4.69) is 9.97 Å². The van der Waals surface area contributed by atoms with Crippen molar-refractivity contribution >= 4 is 16.9 Å². The zero-order valence-electron chi connectivity index (χ0n) is 17.9. The molecule has 0 bridgehead atoms. The Morgan fingerprint density at radius 3 is 2.55 bits per heavy atom. The molecular weight excluding hydrogens is 447 g/mol. The first-order valence-electron chi connectivity index (χ1n) is 10.3.